The van der Waals surface area contributed by atoms with E-state index in [1.54, 1.807) is 32.2 Å². The lowest BCUT2D eigenvalue weighted by Gasteiger charge is -2.27. The number of nitrogens with two attached hydrogens (primary N) is 2. The van der Waals surface area contributed by atoms with Crippen molar-refractivity contribution >= 4 is 46.5 Å². The van der Waals surface area contributed by atoms with Crippen molar-refractivity contribution in [2.75, 3.05) is 0 Å². The summed E-state index contributed by atoms with van der Waals surface area (Å²) in [5.74, 6) is -6.37. The van der Waals surface area contributed by atoms with Gasteiger partial charge in [-0.1, -0.05) is 38.5 Å². The fraction of sp³-hybridized carbons (Fsp3) is 0.462. The first-order valence-electron chi connectivity index (χ1n) is 12.8. The van der Waals surface area contributed by atoms with Crippen LogP contribution >= 0.6 is 0 Å². The smallest absolute Gasteiger partial charge is 0.326 e. The summed E-state index contributed by atoms with van der Waals surface area (Å²) in [5, 5.41) is 26.6. The molecule has 218 valence electrons. The lowest BCUT2D eigenvalue weighted by atomic mass is 9.97. The maximum atomic E-state index is 13.2. The van der Waals surface area contributed by atoms with E-state index in [0.29, 0.717) is 12.0 Å². The van der Waals surface area contributed by atoms with Crippen molar-refractivity contribution < 1.29 is 39.0 Å². The van der Waals surface area contributed by atoms with Crippen LogP contribution in [0, 0.1) is 5.92 Å². The summed E-state index contributed by atoms with van der Waals surface area (Å²) in [6, 6.07) is 1.92. The maximum Gasteiger partial charge on any atom is 0.326 e. The molecule has 1 heterocycles. The molecule has 0 saturated heterocycles. The molecule has 0 fully saturated rings. The summed E-state index contributed by atoms with van der Waals surface area (Å²) in [6.07, 6.45) is 0.851. The van der Waals surface area contributed by atoms with Crippen LogP contribution in [0.5, 0.6) is 0 Å². The number of H-pyrrole nitrogens is 1. The van der Waals surface area contributed by atoms with Crippen molar-refractivity contribution in [2.24, 2.45) is 17.4 Å². The average Bonchev–Trinajstić information content (AvgIpc) is 3.31. The van der Waals surface area contributed by atoms with Crippen LogP contribution in [0.4, 0.5) is 0 Å². The van der Waals surface area contributed by atoms with Crippen LogP contribution in [-0.2, 0) is 35.2 Å². The van der Waals surface area contributed by atoms with Gasteiger partial charge in [0.2, 0.25) is 23.6 Å². The molecule has 14 heteroatoms. The third kappa shape index (κ3) is 9.08. The summed E-state index contributed by atoms with van der Waals surface area (Å²) in [4.78, 5) is 76.3. The minimum absolute atomic E-state index is 0.0812. The second kappa shape index (κ2) is 14.6. The number of fused-ring (bicyclic) bond motifs is 1. The molecule has 0 spiro atoms. The van der Waals surface area contributed by atoms with Gasteiger partial charge in [0.15, 0.2) is 0 Å². The molecule has 0 aliphatic carbocycles. The highest BCUT2D eigenvalue weighted by molar-refractivity contribution is 5.96. The van der Waals surface area contributed by atoms with E-state index in [-0.39, 0.29) is 19.3 Å². The molecular weight excluding hydrogens is 524 g/mol. The number of para-hydroxylation sites is 1. The standard InChI is InChI=1S/C26H36N6O8/c1-3-13(2)22(32-23(36)16(27)8-9-21(34)35)25(38)30-18(11-20(28)33)24(37)31-19(26(39)40)10-14-12-29-17-7-5-4-6-15(14)17/h4-7,12-13,16,18-19,22,29H,3,8-11,27H2,1-2H3,(H2,28,33)(H,30,38)(H,31,37)(H,32,36)(H,34,35)(H,39,40). The van der Waals surface area contributed by atoms with E-state index >= 15 is 0 Å². The lowest BCUT2D eigenvalue weighted by molar-refractivity contribution is -0.142. The number of rotatable bonds is 16. The Labute approximate surface area is 230 Å². The average molecular weight is 561 g/mol. The SMILES string of the molecule is CCC(C)C(NC(=O)C(N)CCC(=O)O)C(=O)NC(CC(N)=O)C(=O)NC(Cc1c[nH]c2ccccc12)C(=O)O. The van der Waals surface area contributed by atoms with E-state index in [1.807, 2.05) is 12.1 Å². The summed E-state index contributed by atoms with van der Waals surface area (Å²) in [7, 11) is 0. The molecule has 0 aliphatic rings. The highest BCUT2D eigenvalue weighted by atomic mass is 16.4. The number of carbonyl (C=O) groups is 6. The van der Waals surface area contributed by atoms with Crippen molar-refractivity contribution in [3.63, 3.8) is 0 Å². The monoisotopic (exact) mass is 560 g/mol. The molecule has 0 aliphatic heterocycles. The first kappa shape index (κ1) is 31.8. The number of nitrogens with one attached hydrogen (secondary N) is 4. The van der Waals surface area contributed by atoms with Crippen molar-refractivity contribution in [1.82, 2.24) is 20.9 Å². The van der Waals surface area contributed by atoms with Crippen molar-refractivity contribution in [1.29, 1.82) is 0 Å². The van der Waals surface area contributed by atoms with Gasteiger partial charge in [-0.05, 0) is 24.0 Å². The van der Waals surface area contributed by atoms with Crippen LogP contribution in [0.1, 0.15) is 45.1 Å². The van der Waals surface area contributed by atoms with E-state index in [4.69, 9.17) is 16.6 Å². The van der Waals surface area contributed by atoms with Gasteiger partial charge in [0.05, 0.1) is 12.5 Å². The van der Waals surface area contributed by atoms with E-state index in [2.05, 4.69) is 20.9 Å². The fourth-order valence-corrected chi connectivity index (χ4v) is 4.04. The molecule has 4 amide bonds. The van der Waals surface area contributed by atoms with Gasteiger partial charge < -0.3 is 42.6 Å². The van der Waals surface area contributed by atoms with E-state index in [0.717, 1.165) is 10.9 Å². The van der Waals surface area contributed by atoms with E-state index in [9.17, 15) is 33.9 Å². The first-order valence-corrected chi connectivity index (χ1v) is 12.8. The normalized spacial score (nSPS) is 14.8. The molecule has 1 aromatic heterocycles. The van der Waals surface area contributed by atoms with Crippen molar-refractivity contribution in [3.05, 3.63) is 36.0 Å². The largest absolute Gasteiger partial charge is 0.481 e. The Hall–Kier alpha value is -4.46. The molecule has 14 nitrogen and oxygen atoms in total. The third-order valence-corrected chi connectivity index (χ3v) is 6.55. The third-order valence-electron chi connectivity index (χ3n) is 6.55. The maximum absolute atomic E-state index is 13.2. The zero-order valence-corrected chi connectivity index (χ0v) is 22.3. The fourth-order valence-electron chi connectivity index (χ4n) is 4.04. The van der Waals surface area contributed by atoms with Crippen LogP contribution in [0.25, 0.3) is 10.9 Å². The number of aromatic nitrogens is 1. The zero-order valence-electron chi connectivity index (χ0n) is 22.3. The molecule has 5 unspecified atom stereocenters. The van der Waals surface area contributed by atoms with Gasteiger partial charge in [0.1, 0.15) is 18.1 Å². The van der Waals surface area contributed by atoms with Crippen molar-refractivity contribution in [2.45, 2.75) is 70.1 Å². The van der Waals surface area contributed by atoms with Gasteiger partial charge >= 0.3 is 11.9 Å². The number of amides is 4. The number of carboxylic acids is 2. The minimum atomic E-state index is -1.53. The number of aliphatic carboxylic acids is 2. The molecule has 0 saturated carbocycles. The number of hydrogen-bond donors (Lipinski definition) is 8. The summed E-state index contributed by atoms with van der Waals surface area (Å²) in [6.45, 7) is 3.43. The van der Waals surface area contributed by atoms with Crippen LogP contribution < -0.4 is 27.4 Å². The number of benzene rings is 1. The predicted octanol–water partition coefficient (Wildman–Crippen LogP) is -0.637. The van der Waals surface area contributed by atoms with Crippen LogP contribution in [-0.4, -0.2) is 74.9 Å². The highest BCUT2D eigenvalue weighted by Crippen LogP contribution is 2.19. The topological polar surface area (TPSA) is 247 Å². The second-order valence-electron chi connectivity index (χ2n) is 9.61. The Kier molecular flexibility index (Phi) is 11.6. The number of carbonyl (C=O) groups excluding carboxylic acids is 4. The van der Waals surface area contributed by atoms with Gasteiger partial charge in [0, 0.05) is 29.9 Å². The molecule has 10 N–H and O–H groups in total. The molecular formula is C26H36N6O8. The molecule has 0 bridgehead atoms. The van der Waals surface area contributed by atoms with Gasteiger partial charge in [-0.3, -0.25) is 24.0 Å². The molecule has 2 aromatic rings. The highest BCUT2D eigenvalue weighted by Gasteiger charge is 2.33. The Morgan fingerprint density at radius 1 is 0.950 bits per heavy atom. The Morgan fingerprint density at radius 2 is 1.60 bits per heavy atom. The van der Waals surface area contributed by atoms with E-state index < -0.39 is 72.1 Å². The van der Waals surface area contributed by atoms with Gasteiger partial charge in [-0.2, -0.15) is 0 Å². The number of carboxylic acid groups (broad SMARTS) is 2. The van der Waals surface area contributed by atoms with Gasteiger partial charge in [-0.15, -0.1) is 0 Å². The van der Waals surface area contributed by atoms with E-state index in [1.165, 1.54) is 0 Å². The molecule has 40 heavy (non-hydrogen) atoms. The summed E-state index contributed by atoms with van der Waals surface area (Å²) >= 11 is 0. The van der Waals surface area contributed by atoms with Gasteiger partial charge in [-0.25, -0.2) is 4.79 Å². The Balaban J connectivity index is 2.18. The first-order chi connectivity index (χ1) is 18.8. The molecule has 0 radical (unpaired) electrons. The second-order valence-corrected chi connectivity index (χ2v) is 9.61. The zero-order chi connectivity index (χ0) is 30.0. The predicted molar refractivity (Wildman–Crippen MR) is 144 cm³/mol. The molecule has 5 atom stereocenters. The Bertz CT molecular complexity index is 1240. The van der Waals surface area contributed by atoms with Crippen molar-refractivity contribution in [3.8, 4) is 0 Å². The van der Waals surface area contributed by atoms with Crippen LogP contribution in [0.15, 0.2) is 30.5 Å². The quantitative estimate of drug-likeness (QED) is 0.130. The van der Waals surface area contributed by atoms with Crippen LogP contribution in [0.3, 0.4) is 0 Å². The van der Waals surface area contributed by atoms with Crippen LogP contribution in [0.2, 0.25) is 0 Å². The number of aromatic amines is 1. The number of primary amides is 1. The summed E-state index contributed by atoms with van der Waals surface area (Å²) < 4.78 is 0. The number of hydrogen-bond acceptors (Lipinski definition) is 7. The van der Waals surface area contributed by atoms with Gasteiger partial charge in [0.25, 0.3) is 0 Å². The molecule has 1 aromatic carbocycles. The summed E-state index contributed by atoms with van der Waals surface area (Å²) in [5.41, 5.74) is 12.5. The minimum Gasteiger partial charge on any atom is -0.481 e. The Morgan fingerprint density at radius 3 is 2.20 bits per heavy atom. The lowest BCUT2D eigenvalue weighted by Crippen LogP contribution is -2.59. The molecule has 2 rings (SSSR count).